The Morgan fingerprint density at radius 3 is 2.54 bits per heavy atom. The lowest BCUT2D eigenvalue weighted by Crippen LogP contribution is -2.22. The van der Waals surface area contributed by atoms with Crippen LogP contribution in [0.2, 0.25) is 0 Å². The SMILES string of the molecule is Cc1cccc(-n2c(-c3ccccn3)nc3ccccc3c2=O)c1. The average molecular weight is 313 g/mol. The molecule has 2 aromatic heterocycles. The fraction of sp³-hybridized carbons (Fsp3) is 0.0500. The maximum Gasteiger partial charge on any atom is 0.266 e. The van der Waals surface area contributed by atoms with Crippen LogP contribution in [0.1, 0.15) is 5.56 Å². The molecule has 0 radical (unpaired) electrons. The Morgan fingerprint density at radius 2 is 1.75 bits per heavy atom. The fourth-order valence-electron chi connectivity index (χ4n) is 2.81. The lowest BCUT2D eigenvalue weighted by molar-refractivity contribution is 0.963. The van der Waals surface area contributed by atoms with Crippen LogP contribution in [0.4, 0.5) is 0 Å². The Bertz CT molecular complexity index is 1080. The van der Waals surface area contributed by atoms with Gasteiger partial charge in [0.2, 0.25) is 0 Å². The molecule has 4 nitrogen and oxygen atoms in total. The minimum atomic E-state index is -0.0909. The molecule has 4 aromatic rings. The second-order valence-electron chi connectivity index (χ2n) is 5.65. The molecule has 24 heavy (non-hydrogen) atoms. The highest BCUT2D eigenvalue weighted by Gasteiger charge is 2.14. The number of fused-ring (bicyclic) bond motifs is 1. The number of benzene rings is 2. The van der Waals surface area contributed by atoms with Crippen molar-refractivity contribution in [3.05, 3.63) is 88.8 Å². The van der Waals surface area contributed by atoms with Gasteiger partial charge in [-0.15, -0.1) is 0 Å². The van der Waals surface area contributed by atoms with Gasteiger partial charge in [0.15, 0.2) is 5.82 Å². The minimum absolute atomic E-state index is 0.0909. The summed E-state index contributed by atoms with van der Waals surface area (Å²) in [5.74, 6) is 0.546. The first-order valence-corrected chi connectivity index (χ1v) is 7.74. The van der Waals surface area contributed by atoms with Gasteiger partial charge in [0.25, 0.3) is 5.56 Å². The number of rotatable bonds is 2. The molecule has 0 unspecified atom stereocenters. The summed E-state index contributed by atoms with van der Waals surface area (Å²) in [5, 5.41) is 0.596. The third kappa shape index (κ3) is 2.38. The number of aromatic nitrogens is 3. The Labute approximate surface area is 139 Å². The number of hydrogen-bond acceptors (Lipinski definition) is 3. The van der Waals surface area contributed by atoms with Crippen LogP contribution in [0, 0.1) is 6.92 Å². The van der Waals surface area contributed by atoms with Crippen molar-refractivity contribution >= 4 is 10.9 Å². The Balaban J connectivity index is 2.13. The van der Waals surface area contributed by atoms with Gasteiger partial charge in [-0.3, -0.25) is 14.3 Å². The van der Waals surface area contributed by atoms with Gasteiger partial charge in [0.1, 0.15) is 5.69 Å². The molecule has 0 atom stereocenters. The van der Waals surface area contributed by atoms with Crippen LogP contribution in [0.3, 0.4) is 0 Å². The Hall–Kier alpha value is -3.27. The topological polar surface area (TPSA) is 47.8 Å². The van der Waals surface area contributed by atoms with Gasteiger partial charge in [0.05, 0.1) is 16.6 Å². The summed E-state index contributed by atoms with van der Waals surface area (Å²) in [5.41, 5.74) is 3.12. The molecule has 116 valence electrons. The highest BCUT2D eigenvalue weighted by molar-refractivity contribution is 5.80. The first-order valence-electron chi connectivity index (χ1n) is 7.74. The number of aryl methyl sites for hydroxylation is 1. The largest absolute Gasteiger partial charge is 0.268 e. The summed E-state index contributed by atoms with van der Waals surface area (Å²) in [6.07, 6.45) is 1.71. The third-order valence-electron chi connectivity index (χ3n) is 3.93. The first kappa shape index (κ1) is 14.3. The van der Waals surface area contributed by atoms with E-state index in [9.17, 15) is 4.79 Å². The van der Waals surface area contributed by atoms with Crippen LogP contribution in [-0.2, 0) is 0 Å². The standard InChI is InChI=1S/C20H15N3O/c1-14-7-6-8-15(13-14)23-19(18-11-4-5-12-21-18)22-17-10-3-2-9-16(17)20(23)24/h2-13H,1H3. The van der Waals surface area contributed by atoms with E-state index >= 15 is 0 Å². The first-order chi connectivity index (χ1) is 11.7. The zero-order valence-corrected chi connectivity index (χ0v) is 13.2. The lowest BCUT2D eigenvalue weighted by Gasteiger charge is -2.13. The van der Waals surface area contributed by atoms with Crippen LogP contribution < -0.4 is 5.56 Å². The van der Waals surface area contributed by atoms with Crippen molar-refractivity contribution in [3.8, 4) is 17.2 Å². The average Bonchev–Trinajstić information content (AvgIpc) is 2.62. The van der Waals surface area contributed by atoms with Crippen molar-refractivity contribution < 1.29 is 0 Å². The van der Waals surface area contributed by atoms with Gasteiger partial charge in [-0.25, -0.2) is 4.98 Å². The van der Waals surface area contributed by atoms with Gasteiger partial charge >= 0.3 is 0 Å². The molecule has 4 rings (SSSR count). The molecular formula is C20H15N3O. The van der Waals surface area contributed by atoms with E-state index in [0.29, 0.717) is 22.4 Å². The third-order valence-corrected chi connectivity index (χ3v) is 3.93. The number of pyridine rings is 1. The van der Waals surface area contributed by atoms with Gasteiger partial charge < -0.3 is 0 Å². The lowest BCUT2D eigenvalue weighted by atomic mass is 10.2. The van der Waals surface area contributed by atoms with Crippen LogP contribution >= 0.6 is 0 Å². The van der Waals surface area contributed by atoms with Gasteiger partial charge in [-0.2, -0.15) is 0 Å². The van der Waals surface area contributed by atoms with Gasteiger partial charge in [-0.1, -0.05) is 30.3 Å². The molecule has 2 heterocycles. The van der Waals surface area contributed by atoms with Gasteiger partial charge in [-0.05, 0) is 48.9 Å². The summed E-state index contributed by atoms with van der Waals surface area (Å²) in [6.45, 7) is 2.00. The van der Waals surface area contributed by atoms with E-state index < -0.39 is 0 Å². The molecule has 0 bridgehead atoms. The zero-order valence-electron chi connectivity index (χ0n) is 13.2. The van der Waals surface area contributed by atoms with E-state index in [4.69, 9.17) is 4.98 Å². The molecule has 0 aliphatic rings. The Morgan fingerprint density at radius 1 is 0.917 bits per heavy atom. The molecule has 4 heteroatoms. The summed E-state index contributed by atoms with van der Waals surface area (Å²) >= 11 is 0. The Kier molecular flexibility index (Phi) is 3.43. The maximum atomic E-state index is 13.1. The van der Waals surface area contributed by atoms with E-state index in [1.165, 1.54) is 0 Å². The van der Waals surface area contributed by atoms with Crippen molar-refractivity contribution in [1.82, 2.24) is 14.5 Å². The van der Waals surface area contributed by atoms with Crippen LogP contribution in [-0.4, -0.2) is 14.5 Å². The normalized spacial score (nSPS) is 10.9. The van der Waals surface area contributed by atoms with E-state index in [2.05, 4.69) is 4.98 Å². The highest BCUT2D eigenvalue weighted by Crippen LogP contribution is 2.20. The molecular weight excluding hydrogens is 298 g/mol. The number of para-hydroxylation sites is 1. The molecule has 0 aliphatic carbocycles. The molecule has 0 N–H and O–H groups in total. The second-order valence-corrected chi connectivity index (χ2v) is 5.65. The van der Waals surface area contributed by atoms with E-state index in [1.807, 2.05) is 67.6 Å². The van der Waals surface area contributed by atoms with Crippen molar-refractivity contribution in [3.63, 3.8) is 0 Å². The van der Waals surface area contributed by atoms with Crippen LogP contribution in [0.5, 0.6) is 0 Å². The van der Waals surface area contributed by atoms with Crippen molar-refractivity contribution in [2.45, 2.75) is 6.92 Å². The molecule has 0 spiro atoms. The fourth-order valence-corrected chi connectivity index (χ4v) is 2.81. The monoisotopic (exact) mass is 313 g/mol. The highest BCUT2D eigenvalue weighted by atomic mass is 16.1. The van der Waals surface area contributed by atoms with Crippen LogP contribution in [0.15, 0.2) is 77.7 Å². The molecule has 2 aromatic carbocycles. The number of hydrogen-bond donors (Lipinski definition) is 0. The van der Waals surface area contributed by atoms with Crippen molar-refractivity contribution in [2.75, 3.05) is 0 Å². The quantitative estimate of drug-likeness (QED) is 0.566. The molecule has 0 aliphatic heterocycles. The molecule has 0 saturated heterocycles. The van der Waals surface area contributed by atoms with E-state index in [1.54, 1.807) is 16.8 Å². The summed E-state index contributed by atoms with van der Waals surface area (Å²) in [7, 11) is 0. The summed E-state index contributed by atoms with van der Waals surface area (Å²) in [4.78, 5) is 22.2. The predicted molar refractivity (Wildman–Crippen MR) is 95.3 cm³/mol. The van der Waals surface area contributed by atoms with Crippen molar-refractivity contribution in [2.24, 2.45) is 0 Å². The molecule has 0 fully saturated rings. The zero-order chi connectivity index (χ0) is 16.5. The number of nitrogens with zero attached hydrogens (tertiary/aromatic N) is 3. The maximum absolute atomic E-state index is 13.1. The predicted octanol–water partition coefficient (Wildman–Crippen LogP) is 3.76. The smallest absolute Gasteiger partial charge is 0.266 e. The van der Waals surface area contributed by atoms with E-state index in [-0.39, 0.29) is 5.56 Å². The second kappa shape index (κ2) is 5.74. The van der Waals surface area contributed by atoms with Gasteiger partial charge in [0, 0.05) is 6.20 Å². The molecule has 0 saturated carbocycles. The summed E-state index contributed by atoms with van der Waals surface area (Å²) in [6, 6.07) is 20.8. The summed E-state index contributed by atoms with van der Waals surface area (Å²) < 4.78 is 1.64. The van der Waals surface area contributed by atoms with E-state index in [0.717, 1.165) is 11.3 Å². The molecule has 0 amide bonds. The van der Waals surface area contributed by atoms with Crippen LogP contribution in [0.25, 0.3) is 28.1 Å². The van der Waals surface area contributed by atoms with Crippen molar-refractivity contribution in [1.29, 1.82) is 0 Å². The minimum Gasteiger partial charge on any atom is -0.268 e.